The standard InChI is InChI=1S/C20H24N2O2/c1-20(2,12-14-7-4-5-9-18(14)24-3)22-19(23)17-11-16(17)15-8-6-10-21-13-15/h4-10,13,16-17H,11-12H2,1-3H3,(H,22,23)/t16-,17+/m0/s1. The molecule has 2 aromatic rings. The quantitative estimate of drug-likeness (QED) is 0.887. The van der Waals surface area contributed by atoms with Gasteiger partial charge >= 0.3 is 0 Å². The molecule has 24 heavy (non-hydrogen) atoms. The van der Waals surface area contributed by atoms with Crippen molar-refractivity contribution >= 4 is 5.91 Å². The number of aromatic nitrogens is 1. The largest absolute Gasteiger partial charge is 0.496 e. The van der Waals surface area contributed by atoms with Gasteiger partial charge in [-0.2, -0.15) is 0 Å². The lowest BCUT2D eigenvalue weighted by molar-refractivity contribution is -0.124. The molecule has 0 bridgehead atoms. The lowest BCUT2D eigenvalue weighted by Crippen LogP contribution is -2.46. The second-order valence-electron chi connectivity index (χ2n) is 7.10. The van der Waals surface area contributed by atoms with Crippen molar-refractivity contribution in [3.05, 3.63) is 59.9 Å². The van der Waals surface area contributed by atoms with Crippen molar-refractivity contribution in [2.75, 3.05) is 7.11 Å². The number of amides is 1. The third-order valence-corrected chi connectivity index (χ3v) is 4.53. The molecular formula is C20H24N2O2. The summed E-state index contributed by atoms with van der Waals surface area (Å²) in [7, 11) is 1.67. The van der Waals surface area contributed by atoms with Gasteiger partial charge in [0.25, 0.3) is 0 Å². The summed E-state index contributed by atoms with van der Waals surface area (Å²) in [5.74, 6) is 1.36. The third-order valence-electron chi connectivity index (χ3n) is 4.53. The van der Waals surface area contributed by atoms with Crippen LogP contribution in [-0.2, 0) is 11.2 Å². The van der Waals surface area contributed by atoms with Gasteiger partial charge in [-0.15, -0.1) is 0 Å². The minimum Gasteiger partial charge on any atom is -0.496 e. The predicted octanol–water partition coefficient (Wildman–Crippen LogP) is 3.33. The average molecular weight is 324 g/mol. The molecule has 0 unspecified atom stereocenters. The van der Waals surface area contributed by atoms with Gasteiger partial charge in [0.15, 0.2) is 0 Å². The molecule has 4 heteroatoms. The fraction of sp³-hybridized carbons (Fsp3) is 0.400. The van der Waals surface area contributed by atoms with Crippen LogP contribution in [0.3, 0.4) is 0 Å². The topological polar surface area (TPSA) is 51.2 Å². The Morgan fingerprint density at radius 3 is 2.79 bits per heavy atom. The lowest BCUT2D eigenvalue weighted by Gasteiger charge is -2.27. The van der Waals surface area contributed by atoms with Crippen molar-refractivity contribution in [1.29, 1.82) is 0 Å². The van der Waals surface area contributed by atoms with Crippen LogP contribution in [-0.4, -0.2) is 23.5 Å². The molecule has 0 radical (unpaired) electrons. The summed E-state index contributed by atoms with van der Waals surface area (Å²) in [6.45, 7) is 4.11. The number of carbonyl (C=O) groups excluding carboxylic acids is 1. The van der Waals surface area contributed by atoms with Crippen molar-refractivity contribution in [3.63, 3.8) is 0 Å². The van der Waals surface area contributed by atoms with E-state index in [-0.39, 0.29) is 17.4 Å². The lowest BCUT2D eigenvalue weighted by atomic mass is 9.94. The molecule has 1 amide bonds. The van der Waals surface area contributed by atoms with E-state index in [0.29, 0.717) is 5.92 Å². The van der Waals surface area contributed by atoms with Crippen LogP contribution in [0.15, 0.2) is 48.8 Å². The molecule has 1 heterocycles. The van der Waals surface area contributed by atoms with E-state index in [9.17, 15) is 4.79 Å². The summed E-state index contributed by atoms with van der Waals surface area (Å²) in [5, 5.41) is 3.20. The summed E-state index contributed by atoms with van der Waals surface area (Å²) in [5.41, 5.74) is 1.93. The number of hydrogen-bond donors (Lipinski definition) is 1. The number of methoxy groups -OCH3 is 1. The molecular weight excluding hydrogens is 300 g/mol. The molecule has 1 aromatic carbocycles. The Balaban J connectivity index is 1.62. The van der Waals surface area contributed by atoms with E-state index in [4.69, 9.17) is 4.74 Å². The second kappa shape index (κ2) is 6.63. The van der Waals surface area contributed by atoms with Crippen molar-refractivity contribution in [2.45, 2.75) is 38.1 Å². The summed E-state index contributed by atoms with van der Waals surface area (Å²) < 4.78 is 5.41. The average Bonchev–Trinajstić information content (AvgIpc) is 3.36. The molecule has 126 valence electrons. The first-order valence-electron chi connectivity index (χ1n) is 8.34. The molecule has 0 saturated heterocycles. The fourth-order valence-electron chi connectivity index (χ4n) is 3.24. The fourth-order valence-corrected chi connectivity index (χ4v) is 3.24. The van der Waals surface area contributed by atoms with E-state index in [1.165, 1.54) is 0 Å². The van der Waals surface area contributed by atoms with Crippen LogP contribution in [0.4, 0.5) is 0 Å². The number of benzene rings is 1. The zero-order valence-electron chi connectivity index (χ0n) is 14.5. The smallest absolute Gasteiger partial charge is 0.224 e. The normalized spacial score (nSPS) is 19.6. The maximum Gasteiger partial charge on any atom is 0.224 e. The highest BCUT2D eigenvalue weighted by atomic mass is 16.5. The highest BCUT2D eigenvalue weighted by Crippen LogP contribution is 2.47. The summed E-state index contributed by atoms with van der Waals surface area (Å²) in [4.78, 5) is 16.7. The van der Waals surface area contributed by atoms with Gasteiger partial charge < -0.3 is 10.1 Å². The van der Waals surface area contributed by atoms with E-state index in [0.717, 1.165) is 29.7 Å². The number of hydrogen-bond acceptors (Lipinski definition) is 3. The van der Waals surface area contributed by atoms with Crippen molar-refractivity contribution in [3.8, 4) is 5.75 Å². The second-order valence-corrected chi connectivity index (χ2v) is 7.10. The Morgan fingerprint density at radius 1 is 1.29 bits per heavy atom. The molecule has 0 spiro atoms. The Kier molecular flexibility index (Phi) is 4.56. The predicted molar refractivity (Wildman–Crippen MR) is 94.0 cm³/mol. The zero-order valence-corrected chi connectivity index (χ0v) is 14.5. The first kappa shape index (κ1) is 16.5. The Bertz CT molecular complexity index is 713. The first-order valence-corrected chi connectivity index (χ1v) is 8.34. The van der Waals surface area contributed by atoms with Crippen molar-refractivity contribution in [2.24, 2.45) is 5.92 Å². The molecule has 1 N–H and O–H groups in total. The molecule has 1 fully saturated rings. The van der Waals surface area contributed by atoms with Gasteiger partial charge in [-0.3, -0.25) is 9.78 Å². The van der Waals surface area contributed by atoms with Crippen LogP contribution in [0.25, 0.3) is 0 Å². The number of rotatable bonds is 6. The van der Waals surface area contributed by atoms with E-state index >= 15 is 0 Å². The summed E-state index contributed by atoms with van der Waals surface area (Å²) in [6.07, 6.45) is 5.25. The monoisotopic (exact) mass is 324 g/mol. The summed E-state index contributed by atoms with van der Waals surface area (Å²) in [6, 6.07) is 11.9. The molecule has 3 rings (SSSR count). The molecule has 2 atom stereocenters. The van der Waals surface area contributed by atoms with Crippen LogP contribution in [0.1, 0.15) is 37.3 Å². The Labute approximate surface area is 143 Å². The van der Waals surface area contributed by atoms with Gasteiger partial charge in [0, 0.05) is 23.9 Å². The molecule has 1 aliphatic carbocycles. The van der Waals surface area contributed by atoms with E-state index in [1.54, 1.807) is 13.3 Å². The maximum atomic E-state index is 12.6. The van der Waals surface area contributed by atoms with Crippen LogP contribution >= 0.6 is 0 Å². The third kappa shape index (κ3) is 3.75. The molecule has 4 nitrogen and oxygen atoms in total. The number of nitrogens with zero attached hydrogens (tertiary/aromatic N) is 1. The van der Waals surface area contributed by atoms with Crippen LogP contribution in [0.5, 0.6) is 5.75 Å². The molecule has 1 aliphatic rings. The minimum absolute atomic E-state index is 0.0612. The van der Waals surface area contributed by atoms with E-state index in [1.807, 2.05) is 42.6 Å². The van der Waals surface area contributed by atoms with E-state index < -0.39 is 0 Å². The number of carbonyl (C=O) groups is 1. The van der Waals surface area contributed by atoms with Gasteiger partial charge in [0.1, 0.15) is 5.75 Å². The van der Waals surface area contributed by atoms with Gasteiger partial charge in [0.2, 0.25) is 5.91 Å². The van der Waals surface area contributed by atoms with E-state index in [2.05, 4.69) is 24.1 Å². The van der Waals surface area contributed by atoms with Crippen molar-refractivity contribution in [1.82, 2.24) is 10.3 Å². The van der Waals surface area contributed by atoms with Gasteiger partial charge in [-0.25, -0.2) is 0 Å². The van der Waals surface area contributed by atoms with Gasteiger partial charge in [-0.05, 0) is 55.9 Å². The number of pyridine rings is 1. The highest BCUT2D eigenvalue weighted by molar-refractivity contribution is 5.83. The van der Waals surface area contributed by atoms with Crippen LogP contribution in [0.2, 0.25) is 0 Å². The van der Waals surface area contributed by atoms with Crippen LogP contribution < -0.4 is 10.1 Å². The number of nitrogens with one attached hydrogen (secondary N) is 1. The molecule has 1 saturated carbocycles. The summed E-state index contributed by atoms with van der Waals surface area (Å²) >= 11 is 0. The maximum absolute atomic E-state index is 12.6. The van der Waals surface area contributed by atoms with Crippen LogP contribution in [0, 0.1) is 5.92 Å². The number of ether oxygens (including phenoxy) is 1. The zero-order chi connectivity index (χ0) is 17.2. The first-order chi connectivity index (χ1) is 11.5. The molecule has 0 aliphatic heterocycles. The van der Waals surface area contributed by atoms with Gasteiger partial charge in [-0.1, -0.05) is 24.3 Å². The number of para-hydroxylation sites is 1. The van der Waals surface area contributed by atoms with Crippen molar-refractivity contribution < 1.29 is 9.53 Å². The molecule has 1 aromatic heterocycles. The highest BCUT2D eigenvalue weighted by Gasteiger charge is 2.45. The SMILES string of the molecule is COc1ccccc1CC(C)(C)NC(=O)[C@@H]1C[C@H]1c1cccnc1. The Hall–Kier alpha value is -2.36. The Morgan fingerprint density at radius 2 is 2.08 bits per heavy atom. The van der Waals surface area contributed by atoms with Gasteiger partial charge in [0.05, 0.1) is 7.11 Å². The minimum atomic E-state index is -0.326.